The number of fused-ring (bicyclic) bond motifs is 1. The van der Waals surface area contributed by atoms with Gasteiger partial charge in [-0.2, -0.15) is 0 Å². The summed E-state index contributed by atoms with van der Waals surface area (Å²) < 4.78 is 18.2. The quantitative estimate of drug-likeness (QED) is 0.250. The van der Waals surface area contributed by atoms with Crippen LogP contribution >= 0.6 is 0 Å². The van der Waals surface area contributed by atoms with Crippen LogP contribution in [0.2, 0.25) is 0 Å². The monoisotopic (exact) mass is 615 g/mol. The number of esters is 1. The Hall–Kier alpha value is -4.59. The summed E-state index contributed by atoms with van der Waals surface area (Å²) in [6, 6.07) is 9.77. The number of carbonyl (C=O) groups excluding carboxylic acids is 3. The zero-order valence-corrected chi connectivity index (χ0v) is 26.5. The zero-order chi connectivity index (χ0) is 32.1. The van der Waals surface area contributed by atoms with Crippen LogP contribution < -0.4 is 5.32 Å². The molecule has 2 aliphatic rings. The first-order chi connectivity index (χ1) is 21.5. The summed E-state index contributed by atoms with van der Waals surface area (Å²) in [6.07, 6.45) is 3.77. The highest BCUT2D eigenvalue weighted by atomic mass is 16.6. The number of piperidine rings is 1. The molecule has 3 heterocycles. The molecule has 0 radical (unpaired) electrons. The van der Waals surface area contributed by atoms with Gasteiger partial charge in [-0.05, 0) is 70.2 Å². The van der Waals surface area contributed by atoms with Crippen molar-refractivity contribution in [1.29, 1.82) is 0 Å². The molecule has 1 aliphatic heterocycles. The molecular weight excluding hydrogens is 574 g/mol. The van der Waals surface area contributed by atoms with Crippen molar-refractivity contribution in [1.82, 2.24) is 24.9 Å². The van der Waals surface area contributed by atoms with E-state index in [0.29, 0.717) is 48.0 Å². The van der Waals surface area contributed by atoms with Crippen LogP contribution in [0.15, 0.2) is 47.2 Å². The number of nitrogens with zero attached hydrogens (tertiary/aromatic N) is 4. The minimum atomic E-state index is -0.613. The third-order valence-corrected chi connectivity index (χ3v) is 7.87. The minimum Gasteiger partial charge on any atom is -0.454 e. The number of carbonyl (C=O) groups is 3. The average Bonchev–Trinajstić information content (AvgIpc) is 3.46. The maximum Gasteiger partial charge on any atom is 0.407 e. The Kier molecular flexibility index (Phi) is 9.61. The fourth-order valence-electron chi connectivity index (χ4n) is 5.60. The van der Waals surface area contributed by atoms with E-state index in [1.807, 2.05) is 46.7 Å². The van der Waals surface area contributed by atoms with Gasteiger partial charge < -0.3 is 28.8 Å². The normalized spacial score (nSPS) is 19.2. The van der Waals surface area contributed by atoms with E-state index in [1.165, 1.54) is 0 Å². The second-order valence-electron chi connectivity index (χ2n) is 12.7. The summed E-state index contributed by atoms with van der Waals surface area (Å²) in [5.74, 6) is 9.15. The van der Waals surface area contributed by atoms with Crippen molar-refractivity contribution in [3.05, 3.63) is 59.8 Å². The van der Waals surface area contributed by atoms with Gasteiger partial charge in [0.2, 0.25) is 5.91 Å². The summed E-state index contributed by atoms with van der Waals surface area (Å²) in [7, 11) is 0. The Morgan fingerprint density at radius 3 is 2.56 bits per heavy atom. The number of hydrogen-bond acceptors (Lipinski definition) is 8. The number of rotatable bonds is 10. The summed E-state index contributed by atoms with van der Waals surface area (Å²) in [6.45, 7) is 11.3. The van der Waals surface area contributed by atoms with Gasteiger partial charge in [0.25, 0.3) is 0 Å². The highest BCUT2D eigenvalue weighted by Crippen LogP contribution is 2.51. The van der Waals surface area contributed by atoms with Gasteiger partial charge in [0.15, 0.2) is 11.9 Å². The first kappa shape index (κ1) is 31.8. The number of amides is 2. The Bertz CT molecular complexity index is 1560. The van der Waals surface area contributed by atoms with Crippen molar-refractivity contribution in [3.63, 3.8) is 0 Å². The van der Waals surface area contributed by atoms with Gasteiger partial charge in [0.05, 0.1) is 13.0 Å². The fourth-order valence-corrected chi connectivity index (χ4v) is 5.60. The Labute approximate surface area is 263 Å². The third-order valence-electron chi connectivity index (χ3n) is 7.87. The van der Waals surface area contributed by atoms with Crippen LogP contribution in [0.3, 0.4) is 0 Å². The van der Waals surface area contributed by atoms with Gasteiger partial charge in [-0.1, -0.05) is 23.9 Å². The highest BCUT2D eigenvalue weighted by Gasteiger charge is 2.55. The topological polar surface area (TPSA) is 129 Å². The first-order valence-electron chi connectivity index (χ1n) is 15.5. The maximum absolute atomic E-state index is 12.3. The van der Waals surface area contributed by atoms with Crippen molar-refractivity contribution in [2.45, 2.75) is 72.1 Å². The molecule has 1 N–H and O–H groups in total. The van der Waals surface area contributed by atoms with Crippen LogP contribution in [0.5, 0.6) is 0 Å². The summed E-state index contributed by atoms with van der Waals surface area (Å²) in [5, 5.41) is 6.77. The molecule has 0 bridgehead atoms. The molecule has 45 heavy (non-hydrogen) atoms. The second kappa shape index (κ2) is 13.6. The number of nitrogens with one attached hydrogen (secondary N) is 1. The van der Waals surface area contributed by atoms with Crippen LogP contribution in [0, 0.1) is 29.6 Å². The van der Waals surface area contributed by atoms with E-state index < -0.39 is 23.8 Å². The SMILES string of the molecule is CCCC(=O)N1C[C@@H]2C(C#Cc3ccc(-c4cc(Cn5ccnc5[C@H](C)OC(=O)CCNC(=O)OC(C)(C)C)no4)cc3)[C@@H]2C1. The second-order valence-corrected chi connectivity index (χ2v) is 12.7. The van der Waals surface area contributed by atoms with Gasteiger partial charge >= 0.3 is 12.1 Å². The average molecular weight is 616 g/mol. The zero-order valence-electron chi connectivity index (χ0n) is 26.5. The molecule has 4 atom stereocenters. The predicted octanol–water partition coefficient (Wildman–Crippen LogP) is 4.96. The number of ether oxygens (including phenoxy) is 2. The largest absolute Gasteiger partial charge is 0.454 e. The molecule has 1 saturated heterocycles. The van der Waals surface area contributed by atoms with Crippen molar-refractivity contribution in [2.24, 2.45) is 17.8 Å². The number of benzene rings is 1. The van der Waals surface area contributed by atoms with Gasteiger partial charge in [0.1, 0.15) is 17.1 Å². The molecular formula is C34H41N5O6. The molecule has 238 valence electrons. The molecule has 1 aliphatic carbocycles. The lowest BCUT2D eigenvalue weighted by molar-refractivity contribution is -0.148. The number of aromatic nitrogens is 3. The van der Waals surface area contributed by atoms with Crippen LogP contribution in [-0.2, 0) is 25.6 Å². The number of hydrogen-bond donors (Lipinski definition) is 1. The van der Waals surface area contributed by atoms with Crippen molar-refractivity contribution in [2.75, 3.05) is 19.6 Å². The van der Waals surface area contributed by atoms with E-state index in [0.717, 1.165) is 30.6 Å². The highest BCUT2D eigenvalue weighted by molar-refractivity contribution is 5.76. The summed E-state index contributed by atoms with van der Waals surface area (Å²) in [4.78, 5) is 42.6. The lowest BCUT2D eigenvalue weighted by Gasteiger charge is -2.19. The van der Waals surface area contributed by atoms with E-state index >= 15 is 0 Å². The molecule has 11 heteroatoms. The molecule has 1 aromatic carbocycles. The van der Waals surface area contributed by atoms with Gasteiger partial charge in [0, 0.05) is 61.6 Å². The molecule has 5 rings (SSSR count). The van der Waals surface area contributed by atoms with E-state index in [2.05, 4.69) is 27.3 Å². The molecule has 0 spiro atoms. The Balaban J connectivity index is 1.09. The minimum absolute atomic E-state index is 0.00293. The molecule has 2 amide bonds. The van der Waals surface area contributed by atoms with E-state index in [-0.39, 0.29) is 18.9 Å². The van der Waals surface area contributed by atoms with Crippen molar-refractivity contribution >= 4 is 18.0 Å². The van der Waals surface area contributed by atoms with Crippen molar-refractivity contribution in [3.8, 4) is 23.2 Å². The molecule has 11 nitrogen and oxygen atoms in total. The molecule has 1 saturated carbocycles. The summed E-state index contributed by atoms with van der Waals surface area (Å²) in [5.41, 5.74) is 1.91. The predicted molar refractivity (Wildman–Crippen MR) is 165 cm³/mol. The number of imidazole rings is 1. The smallest absolute Gasteiger partial charge is 0.407 e. The van der Waals surface area contributed by atoms with E-state index in [4.69, 9.17) is 14.0 Å². The van der Waals surface area contributed by atoms with E-state index in [1.54, 1.807) is 40.1 Å². The lowest BCUT2D eigenvalue weighted by atomic mass is 10.1. The van der Waals surface area contributed by atoms with Crippen molar-refractivity contribution < 1.29 is 28.4 Å². The number of alkyl carbamates (subject to hydrolysis) is 1. The summed E-state index contributed by atoms with van der Waals surface area (Å²) >= 11 is 0. The molecule has 2 fully saturated rings. The fraction of sp³-hybridized carbons (Fsp3) is 0.500. The standard InChI is InChI=1S/C34H41N5O6/c1-6-7-30(40)39-20-27-26(28(27)21-39)13-10-23-8-11-24(12-9-23)29-18-25(37-45-29)19-38-17-16-35-32(38)22(2)43-31(41)14-15-36-33(42)44-34(3,4)5/h8-9,11-12,16-18,22,26-28H,6-7,14-15,19-21H2,1-5H3,(H,36,42)/t22-,26?,27-,28+/m0/s1. The Morgan fingerprint density at radius 1 is 1.13 bits per heavy atom. The van der Waals surface area contributed by atoms with Gasteiger partial charge in [-0.15, -0.1) is 0 Å². The Morgan fingerprint density at radius 2 is 1.87 bits per heavy atom. The lowest BCUT2D eigenvalue weighted by Crippen LogP contribution is -2.33. The van der Waals surface area contributed by atoms with Gasteiger partial charge in [-0.25, -0.2) is 9.78 Å². The van der Waals surface area contributed by atoms with Crippen LogP contribution in [0.4, 0.5) is 4.79 Å². The molecule has 2 aromatic heterocycles. The maximum atomic E-state index is 12.3. The molecule has 3 aromatic rings. The first-order valence-corrected chi connectivity index (χ1v) is 15.5. The van der Waals surface area contributed by atoms with E-state index in [9.17, 15) is 14.4 Å². The number of likely N-dealkylation sites (tertiary alicyclic amines) is 1. The van der Waals surface area contributed by atoms with Crippen LogP contribution in [-0.4, -0.2) is 62.8 Å². The molecule has 1 unspecified atom stereocenters. The third kappa shape index (κ3) is 8.32. The van der Waals surface area contributed by atoms with Crippen LogP contribution in [0.1, 0.15) is 77.1 Å². The van der Waals surface area contributed by atoms with Crippen LogP contribution in [0.25, 0.3) is 11.3 Å². The van der Waals surface area contributed by atoms with Gasteiger partial charge in [-0.3, -0.25) is 9.59 Å².